The molecule has 114 valence electrons. The van der Waals surface area contributed by atoms with E-state index in [1.165, 1.54) is 0 Å². The Bertz CT molecular complexity index is 463. The first-order valence-corrected chi connectivity index (χ1v) is 8.01. The Hall–Kier alpha value is -1.39. The molecule has 0 bridgehead atoms. The van der Waals surface area contributed by atoms with Crippen LogP contribution in [0, 0.1) is 0 Å². The van der Waals surface area contributed by atoms with Crippen molar-refractivity contribution in [2.45, 2.75) is 37.8 Å². The number of likely N-dealkylation sites (tertiary alicyclic amines) is 2. The number of carbonyl (C=O) groups is 1. The van der Waals surface area contributed by atoms with Gasteiger partial charge in [0.05, 0.1) is 6.10 Å². The zero-order chi connectivity index (χ0) is 14.7. The maximum absolute atomic E-state index is 12.9. The fourth-order valence-corrected chi connectivity index (χ4v) is 3.40. The lowest BCUT2D eigenvalue weighted by atomic mass is 9.99. The molecule has 2 saturated heterocycles. The quantitative estimate of drug-likeness (QED) is 0.922. The normalized spacial score (nSPS) is 22.4. The van der Waals surface area contributed by atoms with E-state index in [0.717, 1.165) is 57.4 Å². The zero-order valence-electron chi connectivity index (χ0n) is 12.4. The van der Waals surface area contributed by atoms with Crippen molar-refractivity contribution in [1.29, 1.82) is 0 Å². The highest BCUT2D eigenvalue weighted by atomic mass is 16.3. The van der Waals surface area contributed by atoms with Crippen molar-refractivity contribution in [3.8, 4) is 0 Å². The lowest BCUT2D eigenvalue weighted by Crippen LogP contribution is -2.46. The van der Waals surface area contributed by atoms with Crippen LogP contribution in [0.2, 0.25) is 0 Å². The Kier molecular flexibility index (Phi) is 4.56. The molecule has 2 aliphatic heterocycles. The van der Waals surface area contributed by atoms with E-state index in [1.807, 2.05) is 35.2 Å². The van der Waals surface area contributed by atoms with Gasteiger partial charge in [-0.15, -0.1) is 0 Å². The van der Waals surface area contributed by atoms with Gasteiger partial charge in [-0.1, -0.05) is 30.3 Å². The number of amides is 1. The van der Waals surface area contributed by atoms with E-state index in [0.29, 0.717) is 0 Å². The van der Waals surface area contributed by atoms with Crippen molar-refractivity contribution < 1.29 is 9.90 Å². The van der Waals surface area contributed by atoms with Gasteiger partial charge < -0.3 is 10.0 Å². The molecule has 1 aromatic carbocycles. The molecule has 1 N–H and O–H groups in total. The van der Waals surface area contributed by atoms with Crippen LogP contribution in [0.5, 0.6) is 0 Å². The number of nitrogens with zero attached hydrogens (tertiary/aromatic N) is 2. The van der Waals surface area contributed by atoms with Gasteiger partial charge in [0.1, 0.15) is 6.04 Å². The molecular weight excluding hydrogens is 264 g/mol. The fraction of sp³-hybridized carbons (Fsp3) is 0.588. The van der Waals surface area contributed by atoms with Gasteiger partial charge in [0.15, 0.2) is 0 Å². The van der Waals surface area contributed by atoms with Crippen LogP contribution in [0.1, 0.15) is 37.3 Å². The Morgan fingerprint density at radius 2 is 1.67 bits per heavy atom. The molecule has 0 aromatic heterocycles. The van der Waals surface area contributed by atoms with Crippen molar-refractivity contribution in [1.82, 2.24) is 9.80 Å². The lowest BCUT2D eigenvalue weighted by Gasteiger charge is -2.37. The summed E-state index contributed by atoms with van der Waals surface area (Å²) in [6.45, 7) is 3.36. The average molecular weight is 288 g/mol. The van der Waals surface area contributed by atoms with E-state index in [4.69, 9.17) is 0 Å². The van der Waals surface area contributed by atoms with Gasteiger partial charge in [-0.05, 0) is 31.2 Å². The van der Waals surface area contributed by atoms with Crippen LogP contribution in [0.3, 0.4) is 0 Å². The second-order valence-electron chi connectivity index (χ2n) is 6.11. The molecule has 0 spiro atoms. The van der Waals surface area contributed by atoms with Gasteiger partial charge in [-0.25, -0.2) is 0 Å². The third-order valence-corrected chi connectivity index (χ3v) is 4.63. The summed E-state index contributed by atoms with van der Waals surface area (Å²) >= 11 is 0. The number of hydrogen-bond acceptors (Lipinski definition) is 3. The summed E-state index contributed by atoms with van der Waals surface area (Å²) in [7, 11) is 0. The second kappa shape index (κ2) is 6.58. The molecule has 2 fully saturated rings. The standard InChI is InChI=1S/C17H24N2O2/c20-15-8-12-18(13-9-15)16(14-6-2-1-3-7-14)17(21)19-10-4-5-11-19/h1-3,6-7,15-16,20H,4-5,8-13H2/t16-/m0/s1. The van der Waals surface area contributed by atoms with Crippen LogP contribution in [-0.4, -0.2) is 53.1 Å². The highest BCUT2D eigenvalue weighted by molar-refractivity contribution is 5.83. The zero-order valence-corrected chi connectivity index (χ0v) is 12.4. The number of hydrogen-bond donors (Lipinski definition) is 1. The molecule has 4 nitrogen and oxygen atoms in total. The monoisotopic (exact) mass is 288 g/mol. The van der Waals surface area contributed by atoms with Crippen molar-refractivity contribution in [2.75, 3.05) is 26.2 Å². The van der Waals surface area contributed by atoms with Gasteiger partial charge in [-0.3, -0.25) is 9.69 Å². The van der Waals surface area contributed by atoms with Crippen LogP contribution in [0.4, 0.5) is 0 Å². The third kappa shape index (κ3) is 3.27. The summed E-state index contributed by atoms with van der Waals surface area (Å²) in [5.74, 6) is 0.232. The predicted octanol–water partition coefficient (Wildman–Crippen LogP) is 1.81. The van der Waals surface area contributed by atoms with Crippen LogP contribution in [-0.2, 0) is 4.79 Å². The van der Waals surface area contributed by atoms with E-state index < -0.39 is 0 Å². The van der Waals surface area contributed by atoms with Crippen LogP contribution >= 0.6 is 0 Å². The van der Waals surface area contributed by atoms with Gasteiger partial charge >= 0.3 is 0 Å². The second-order valence-corrected chi connectivity index (χ2v) is 6.11. The van der Waals surface area contributed by atoms with E-state index in [2.05, 4.69) is 4.90 Å². The lowest BCUT2D eigenvalue weighted by molar-refractivity contribution is -0.137. The number of carbonyl (C=O) groups excluding carboxylic acids is 1. The van der Waals surface area contributed by atoms with Crippen LogP contribution in [0.15, 0.2) is 30.3 Å². The molecule has 1 atom stereocenters. The molecule has 0 radical (unpaired) electrons. The summed E-state index contributed by atoms with van der Waals surface area (Å²) < 4.78 is 0. The predicted molar refractivity (Wildman–Crippen MR) is 81.8 cm³/mol. The Balaban J connectivity index is 1.82. The third-order valence-electron chi connectivity index (χ3n) is 4.63. The molecule has 0 aliphatic carbocycles. The number of rotatable bonds is 3. The van der Waals surface area contributed by atoms with E-state index in [9.17, 15) is 9.90 Å². The molecule has 2 aliphatic rings. The van der Waals surface area contributed by atoms with Gasteiger partial charge in [0.2, 0.25) is 5.91 Å². The minimum Gasteiger partial charge on any atom is -0.393 e. The largest absolute Gasteiger partial charge is 0.393 e. The van der Waals surface area contributed by atoms with Gasteiger partial charge in [-0.2, -0.15) is 0 Å². The molecule has 1 amide bonds. The first-order chi connectivity index (χ1) is 10.3. The van der Waals surface area contributed by atoms with Crippen molar-refractivity contribution in [2.24, 2.45) is 0 Å². The van der Waals surface area contributed by atoms with Gasteiger partial charge in [0.25, 0.3) is 0 Å². The molecule has 2 heterocycles. The number of aliphatic hydroxyl groups is 1. The van der Waals surface area contributed by atoms with Crippen LogP contribution < -0.4 is 0 Å². The summed E-state index contributed by atoms with van der Waals surface area (Å²) in [6, 6.07) is 9.89. The minimum absolute atomic E-state index is 0.184. The topological polar surface area (TPSA) is 43.8 Å². The summed E-state index contributed by atoms with van der Waals surface area (Å²) in [4.78, 5) is 17.2. The molecule has 1 aromatic rings. The SMILES string of the molecule is O=C([C@H](c1ccccc1)N1CCC(O)CC1)N1CCCC1. The summed E-state index contributed by atoms with van der Waals surface area (Å²) in [5.41, 5.74) is 1.07. The Morgan fingerprint density at radius 3 is 2.29 bits per heavy atom. The number of aliphatic hydroxyl groups excluding tert-OH is 1. The van der Waals surface area contributed by atoms with Crippen molar-refractivity contribution >= 4 is 5.91 Å². The summed E-state index contributed by atoms with van der Waals surface area (Å²) in [6.07, 6.45) is 3.55. The first kappa shape index (κ1) is 14.5. The molecule has 4 heteroatoms. The molecule has 21 heavy (non-hydrogen) atoms. The van der Waals surface area contributed by atoms with E-state index >= 15 is 0 Å². The number of benzene rings is 1. The molecule has 0 saturated carbocycles. The molecule has 3 rings (SSSR count). The molecule has 0 unspecified atom stereocenters. The van der Waals surface area contributed by atoms with Crippen molar-refractivity contribution in [3.63, 3.8) is 0 Å². The fourth-order valence-electron chi connectivity index (χ4n) is 3.40. The highest BCUT2D eigenvalue weighted by Crippen LogP contribution is 2.28. The molecular formula is C17H24N2O2. The Labute approximate surface area is 126 Å². The maximum atomic E-state index is 12.9. The maximum Gasteiger partial charge on any atom is 0.244 e. The first-order valence-electron chi connectivity index (χ1n) is 8.01. The van der Waals surface area contributed by atoms with E-state index in [-0.39, 0.29) is 18.1 Å². The highest BCUT2D eigenvalue weighted by Gasteiger charge is 2.34. The van der Waals surface area contributed by atoms with Crippen molar-refractivity contribution in [3.05, 3.63) is 35.9 Å². The van der Waals surface area contributed by atoms with Crippen LogP contribution in [0.25, 0.3) is 0 Å². The minimum atomic E-state index is -0.209. The summed E-state index contributed by atoms with van der Waals surface area (Å²) in [5, 5.41) is 9.71. The Morgan fingerprint density at radius 1 is 1.05 bits per heavy atom. The van der Waals surface area contributed by atoms with Gasteiger partial charge in [0, 0.05) is 26.2 Å². The smallest absolute Gasteiger partial charge is 0.244 e. The van der Waals surface area contributed by atoms with E-state index in [1.54, 1.807) is 0 Å². The average Bonchev–Trinajstić information content (AvgIpc) is 3.05. The number of piperidine rings is 1.